The van der Waals surface area contributed by atoms with Gasteiger partial charge in [-0.25, -0.2) is 14.7 Å². The molecule has 3 aliphatic rings. The first-order chi connectivity index (χ1) is 17.2. The van der Waals surface area contributed by atoms with E-state index < -0.39 is 0 Å². The number of nitrogens with one attached hydrogen (secondary N) is 2. The largest absolute Gasteiger partial charge is 0.336 e. The highest BCUT2D eigenvalue weighted by atomic mass is 16.2. The van der Waals surface area contributed by atoms with E-state index in [9.17, 15) is 9.59 Å². The van der Waals surface area contributed by atoms with E-state index in [4.69, 9.17) is 0 Å². The van der Waals surface area contributed by atoms with Crippen LogP contribution in [0.4, 0.5) is 22.0 Å². The van der Waals surface area contributed by atoms with Crippen LogP contribution in [0.15, 0.2) is 42.6 Å². The molecule has 8 nitrogen and oxygen atoms in total. The van der Waals surface area contributed by atoms with E-state index in [2.05, 4.69) is 25.4 Å². The number of amides is 3. The van der Waals surface area contributed by atoms with Gasteiger partial charge in [-0.05, 0) is 95.0 Å². The minimum atomic E-state index is -0.273. The van der Waals surface area contributed by atoms with E-state index >= 15 is 0 Å². The van der Waals surface area contributed by atoms with Crippen molar-refractivity contribution in [3.05, 3.63) is 48.2 Å². The predicted octanol–water partition coefficient (Wildman–Crippen LogP) is 4.08. The summed E-state index contributed by atoms with van der Waals surface area (Å²) in [5.41, 5.74) is 1.51. The number of carbonyl (C=O) groups is 2. The summed E-state index contributed by atoms with van der Waals surface area (Å²) in [6.45, 7) is 7.39. The lowest BCUT2D eigenvalue weighted by molar-refractivity contribution is 0.102. The second-order valence-corrected chi connectivity index (χ2v) is 9.89. The fourth-order valence-corrected chi connectivity index (χ4v) is 5.49. The van der Waals surface area contributed by atoms with Crippen molar-refractivity contribution in [2.24, 2.45) is 5.92 Å². The van der Waals surface area contributed by atoms with Crippen LogP contribution in [0.3, 0.4) is 0 Å². The smallest absolute Gasteiger partial charge is 0.327 e. The van der Waals surface area contributed by atoms with Crippen LogP contribution in [0, 0.1) is 5.92 Å². The Kier molecular flexibility index (Phi) is 7.59. The van der Waals surface area contributed by atoms with Gasteiger partial charge in [-0.3, -0.25) is 4.79 Å². The number of rotatable bonds is 6. The minimum Gasteiger partial charge on any atom is -0.336 e. The molecule has 186 valence electrons. The van der Waals surface area contributed by atoms with Crippen molar-refractivity contribution in [3.8, 4) is 0 Å². The van der Waals surface area contributed by atoms with Gasteiger partial charge in [0, 0.05) is 19.3 Å². The molecular formula is C27H36N6O2. The van der Waals surface area contributed by atoms with Crippen molar-refractivity contribution >= 4 is 29.1 Å². The Morgan fingerprint density at radius 2 is 1.74 bits per heavy atom. The first kappa shape index (κ1) is 23.8. The molecule has 8 heteroatoms. The van der Waals surface area contributed by atoms with Crippen molar-refractivity contribution in [2.45, 2.75) is 38.5 Å². The van der Waals surface area contributed by atoms with E-state index in [0.717, 1.165) is 25.6 Å². The Labute approximate surface area is 207 Å². The second-order valence-electron chi connectivity index (χ2n) is 9.89. The predicted molar refractivity (Wildman–Crippen MR) is 138 cm³/mol. The molecule has 5 rings (SSSR count). The molecule has 0 unspecified atom stereocenters. The third-order valence-corrected chi connectivity index (χ3v) is 7.55. The molecule has 2 aromatic rings. The van der Waals surface area contributed by atoms with Gasteiger partial charge in [0.05, 0.1) is 16.9 Å². The molecule has 0 saturated carbocycles. The van der Waals surface area contributed by atoms with Crippen LogP contribution >= 0.6 is 0 Å². The highest BCUT2D eigenvalue weighted by Gasteiger charge is 2.30. The number of benzene rings is 1. The highest BCUT2D eigenvalue weighted by Crippen LogP contribution is 2.36. The maximum atomic E-state index is 13.3. The third-order valence-electron chi connectivity index (χ3n) is 7.55. The number of carbonyl (C=O) groups excluding carboxylic acids is 2. The Hall–Kier alpha value is -2.97. The first-order valence-electron chi connectivity index (χ1n) is 13.1. The molecule has 1 aromatic carbocycles. The van der Waals surface area contributed by atoms with Crippen LogP contribution in [0.5, 0.6) is 0 Å². The highest BCUT2D eigenvalue weighted by molar-refractivity contribution is 6.16. The number of hydrogen-bond donors (Lipinski definition) is 2. The van der Waals surface area contributed by atoms with Crippen LogP contribution < -0.4 is 15.5 Å². The summed E-state index contributed by atoms with van der Waals surface area (Å²) in [4.78, 5) is 37.0. The number of fused-ring (bicyclic) bond motifs is 2. The average Bonchev–Trinajstić information content (AvgIpc) is 3.02. The number of hydrogen-bond acceptors (Lipinski definition) is 5. The van der Waals surface area contributed by atoms with E-state index in [1.807, 2.05) is 6.07 Å². The van der Waals surface area contributed by atoms with E-state index in [0.29, 0.717) is 29.3 Å². The second kappa shape index (κ2) is 11.2. The standard InChI is InChI=1S/C27H36N6O2/c34-26-22-7-2-3-9-24(22)33(25-23(30-26)8-6-13-28-25)27(35)29-14-20-32-18-11-21(12-19-32)10-17-31-15-4-1-5-16-31/h2-3,6-9,13,21H,1,4-5,10-12,14-20H2,(H,29,35)(H,30,34). The van der Waals surface area contributed by atoms with Gasteiger partial charge in [0.15, 0.2) is 5.82 Å². The van der Waals surface area contributed by atoms with Crippen molar-refractivity contribution in [3.63, 3.8) is 0 Å². The zero-order valence-electron chi connectivity index (χ0n) is 20.4. The number of likely N-dealkylation sites (tertiary alicyclic amines) is 2. The molecule has 2 fully saturated rings. The minimum absolute atomic E-state index is 0.242. The summed E-state index contributed by atoms with van der Waals surface area (Å²) in [5.74, 6) is 1.01. The van der Waals surface area contributed by atoms with Crippen molar-refractivity contribution in [2.75, 3.05) is 56.0 Å². The molecular weight excluding hydrogens is 440 g/mol. The quantitative estimate of drug-likeness (QED) is 0.657. The summed E-state index contributed by atoms with van der Waals surface area (Å²) < 4.78 is 0. The Morgan fingerprint density at radius 1 is 0.971 bits per heavy atom. The Balaban J connectivity index is 1.13. The van der Waals surface area contributed by atoms with Crippen LogP contribution in [0.25, 0.3) is 0 Å². The zero-order valence-corrected chi connectivity index (χ0v) is 20.4. The van der Waals surface area contributed by atoms with Crippen molar-refractivity contribution < 1.29 is 9.59 Å². The Bertz CT molecular complexity index is 1030. The van der Waals surface area contributed by atoms with Gasteiger partial charge in [-0.15, -0.1) is 0 Å². The summed E-state index contributed by atoms with van der Waals surface area (Å²) in [5, 5.41) is 5.94. The summed E-state index contributed by atoms with van der Waals surface area (Å²) >= 11 is 0. The Morgan fingerprint density at radius 3 is 2.57 bits per heavy atom. The fourth-order valence-electron chi connectivity index (χ4n) is 5.49. The molecule has 3 amide bonds. The van der Waals surface area contributed by atoms with Crippen LogP contribution in [-0.2, 0) is 0 Å². The topological polar surface area (TPSA) is 80.8 Å². The van der Waals surface area contributed by atoms with Gasteiger partial charge >= 0.3 is 6.03 Å². The molecule has 3 aliphatic heterocycles. The molecule has 2 saturated heterocycles. The van der Waals surface area contributed by atoms with Gasteiger partial charge in [0.25, 0.3) is 5.91 Å². The van der Waals surface area contributed by atoms with Gasteiger partial charge in [0.2, 0.25) is 0 Å². The SMILES string of the molecule is O=C1Nc2cccnc2N(C(=O)NCCN2CCC(CCN3CCCCC3)CC2)c2ccccc21. The van der Waals surface area contributed by atoms with Crippen LogP contribution in [-0.4, -0.2) is 72.5 Å². The number of aromatic nitrogens is 1. The normalized spacial score (nSPS) is 19.4. The van der Waals surface area contributed by atoms with Gasteiger partial charge in [-0.1, -0.05) is 18.6 Å². The lowest BCUT2D eigenvalue weighted by Gasteiger charge is -2.34. The molecule has 35 heavy (non-hydrogen) atoms. The molecule has 1 aromatic heterocycles. The summed E-state index contributed by atoms with van der Waals surface area (Å²) in [7, 11) is 0. The van der Waals surface area contributed by atoms with Gasteiger partial charge < -0.3 is 20.4 Å². The molecule has 4 heterocycles. The number of urea groups is 1. The van der Waals surface area contributed by atoms with E-state index in [1.54, 1.807) is 36.5 Å². The fraction of sp³-hybridized carbons (Fsp3) is 0.519. The number of para-hydroxylation sites is 1. The number of pyridine rings is 1. The number of anilines is 3. The molecule has 0 aliphatic carbocycles. The third kappa shape index (κ3) is 5.65. The summed E-state index contributed by atoms with van der Waals surface area (Å²) in [6.07, 6.45) is 9.56. The van der Waals surface area contributed by atoms with E-state index in [1.165, 1.54) is 63.1 Å². The number of nitrogens with zero attached hydrogens (tertiary/aromatic N) is 4. The van der Waals surface area contributed by atoms with Crippen LogP contribution in [0.1, 0.15) is 48.9 Å². The average molecular weight is 477 g/mol. The first-order valence-corrected chi connectivity index (χ1v) is 13.1. The lowest BCUT2D eigenvalue weighted by atomic mass is 9.93. The number of piperidine rings is 2. The van der Waals surface area contributed by atoms with Gasteiger partial charge in [-0.2, -0.15) is 0 Å². The summed E-state index contributed by atoms with van der Waals surface area (Å²) in [6, 6.07) is 10.4. The molecule has 2 N–H and O–H groups in total. The van der Waals surface area contributed by atoms with Crippen LogP contribution in [0.2, 0.25) is 0 Å². The maximum Gasteiger partial charge on any atom is 0.327 e. The molecule has 0 bridgehead atoms. The van der Waals surface area contributed by atoms with Gasteiger partial charge in [0.1, 0.15) is 0 Å². The lowest BCUT2D eigenvalue weighted by Crippen LogP contribution is -2.43. The van der Waals surface area contributed by atoms with E-state index in [-0.39, 0.29) is 11.9 Å². The molecule has 0 radical (unpaired) electrons. The molecule has 0 spiro atoms. The van der Waals surface area contributed by atoms with Crippen molar-refractivity contribution in [1.82, 2.24) is 20.1 Å². The zero-order chi connectivity index (χ0) is 24.0. The van der Waals surface area contributed by atoms with Crippen molar-refractivity contribution in [1.29, 1.82) is 0 Å². The maximum absolute atomic E-state index is 13.3. The monoisotopic (exact) mass is 476 g/mol. The molecule has 0 atom stereocenters.